The number of halogens is 2. The lowest BCUT2D eigenvalue weighted by Crippen LogP contribution is -1.91. The van der Waals surface area contributed by atoms with Gasteiger partial charge in [0.05, 0.1) is 5.56 Å². The summed E-state index contributed by atoms with van der Waals surface area (Å²) in [5.74, 6) is -0.259. The number of aliphatic hydroxyl groups excluding tert-OH is 1. The first kappa shape index (κ1) is 9.07. The lowest BCUT2D eigenvalue weighted by Gasteiger charge is -2.00. The van der Waals surface area contributed by atoms with Crippen molar-refractivity contribution in [3.05, 3.63) is 34.5 Å². The average Bonchev–Trinajstić information content (AvgIpc) is 2.03. The molecule has 0 aliphatic carbocycles. The largest absolute Gasteiger partial charge is 0.501 e. The molecule has 3 nitrogen and oxygen atoms in total. The highest BCUT2D eigenvalue weighted by Crippen LogP contribution is 2.24. The number of aliphatic hydroxyl groups is 1. The summed E-state index contributed by atoms with van der Waals surface area (Å²) in [6.07, 6.45) is 1.20. The molecule has 1 aromatic rings. The van der Waals surface area contributed by atoms with E-state index >= 15 is 0 Å². The van der Waals surface area contributed by atoms with Crippen molar-refractivity contribution in [1.29, 1.82) is 0 Å². The van der Waals surface area contributed by atoms with E-state index in [4.69, 9.17) is 23.2 Å². The second kappa shape index (κ2) is 3.59. The second-order valence-corrected chi connectivity index (χ2v) is 2.57. The van der Waals surface area contributed by atoms with Crippen molar-refractivity contribution < 1.29 is 5.11 Å². The van der Waals surface area contributed by atoms with Gasteiger partial charge in [-0.3, -0.25) is 0 Å². The van der Waals surface area contributed by atoms with Gasteiger partial charge >= 0.3 is 0 Å². The third-order valence-corrected chi connectivity index (χ3v) is 1.73. The normalized spacial score (nSPS) is 9.17. The maximum Gasteiger partial charge on any atom is 0.172 e. The summed E-state index contributed by atoms with van der Waals surface area (Å²) in [4.78, 5) is 7.26. The van der Waals surface area contributed by atoms with E-state index in [1.807, 2.05) is 0 Å². The fourth-order valence-electron chi connectivity index (χ4n) is 0.628. The summed E-state index contributed by atoms with van der Waals surface area (Å²) >= 11 is 11.2. The van der Waals surface area contributed by atoms with Gasteiger partial charge in [-0.1, -0.05) is 35.5 Å². The maximum absolute atomic E-state index is 9.19. The summed E-state index contributed by atoms with van der Waals surface area (Å²) in [5.41, 5.74) is 2.39. The van der Waals surface area contributed by atoms with E-state index in [1.165, 1.54) is 6.33 Å². The summed E-state index contributed by atoms with van der Waals surface area (Å²) in [6, 6.07) is 0. The van der Waals surface area contributed by atoms with Crippen molar-refractivity contribution in [2.24, 2.45) is 0 Å². The van der Waals surface area contributed by atoms with Gasteiger partial charge < -0.3 is 5.11 Å². The zero-order valence-electron chi connectivity index (χ0n) is 5.88. The molecule has 1 rings (SSSR count). The van der Waals surface area contributed by atoms with Crippen LogP contribution in [0.5, 0.6) is 0 Å². The highest BCUT2D eigenvalue weighted by atomic mass is 35.5. The first-order valence-corrected chi connectivity index (χ1v) is 3.67. The molecule has 1 heterocycles. The SMILES string of the molecule is C=C=C(O)c1c(Cl)ncnc1Cl. The van der Waals surface area contributed by atoms with Crippen molar-refractivity contribution in [1.82, 2.24) is 9.97 Å². The predicted octanol–water partition coefficient (Wildman–Crippen LogP) is 2.47. The molecular weight excluding hydrogens is 199 g/mol. The Bertz CT molecular complexity index is 338. The van der Waals surface area contributed by atoms with Gasteiger partial charge in [0, 0.05) is 0 Å². The van der Waals surface area contributed by atoms with Crippen LogP contribution in [0, 0.1) is 0 Å². The van der Waals surface area contributed by atoms with Crippen LogP contribution in [0.4, 0.5) is 0 Å². The first-order valence-electron chi connectivity index (χ1n) is 2.92. The van der Waals surface area contributed by atoms with Crippen LogP contribution in [0.2, 0.25) is 10.3 Å². The third kappa shape index (κ3) is 1.59. The number of aromatic nitrogens is 2. The molecule has 0 aliphatic heterocycles. The zero-order chi connectivity index (χ0) is 9.14. The molecule has 1 aromatic heterocycles. The summed E-state index contributed by atoms with van der Waals surface area (Å²) in [6.45, 7) is 3.23. The Hall–Kier alpha value is -1.02. The van der Waals surface area contributed by atoms with Crippen LogP contribution in [0.1, 0.15) is 5.56 Å². The van der Waals surface area contributed by atoms with Crippen molar-refractivity contribution >= 4 is 29.0 Å². The molecule has 0 spiro atoms. The van der Waals surface area contributed by atoms with E-state index in [0.29, 0.717) is 0 Å². The Morgan fingerprint density at radius 3 is 2.33 bits per heavy atom. The van der Waals surface area contributed by atoms with E-state index < -0.39 is 0 Å². The van der Waals surface area contributed by atoms with Crippen molar-refractivity contribution in [2.45, 2.75) is 0 Å². The van der Waals surface area contributed by atoms with Crippen LogP contribution < -0.4 is 0 Å². The van der Waals surface area contributed by atoms with E-state index in [9.17, 15) is 5.11 Å². The van der Waals surface area contributed by atoms with Crippen LogP contribution in [0.25, 0.3) is 5.76 Å². The summed E-state index contributed by atoms with van der Waals surface area (Å²) in [5, 5.41) is 9.33. The minimum Gasteiger partial charge on any atom is -0.501 e. The van der Waals surface area contributed by atoms with Crippen LogP contribution >= 0.6 is 23.2 Å². The molecule has 0 aromatic carbocycles. The Labute approximate surface area is 79.0 Å². The van der Waals surface area contributed by atoms with Crippen LogP contribution in [-0.2, 0) is 0 Å². The van der Waals surface area contributed by atoms with Crippen molar-refractivity contribution in [3.8, 4) is 0 Å². The monoisotopic (exact) mass is 202 g/mol. The standard InChI is InChI=1S/C7H4Cl2N2O/c1-2-4(12)5-6(8)10-3-11-7(5)9/h3,12H,1H2. The van der Waals surface area contributed by atoms with E-state index in [0.717, 1.165) is 0 Å². The number of nitrogens with zero attached hydrogens (tertiary/aromatic N) is 2. The average molecular weight is 203 g/mol. The van der Waals surface area contributed by atoms with Gasteiger partial charge in [0.25, 0.3) is 0 Å². The zero-order valence-corrected chi connectivity index (χ0v) is 7.39. The predicted molar refractivity (Wildman–Crippen MR) is 47.2 cm³/mol. The third-order valence-electron chi connectivity index (χ3n) is 1.16. The smallest absolute Gasteiger partial charge is 0.172 e. The quantitative estimate of drug-likeness (QED) is 0.433. The number of hydrogen-bond acceptors (Lipinski definition) is 3. The fourth-order valence-corrected chi connectivity index (χ4v) is 1.12. The Morgan fingerprint density at radius 1 is 1.42 bits per heavy atom. The molecule has 62 valence electrons. The molecule has 0 atom stereocenters. The van der Waals surface area contributed by atoms with Gasteiger partial charge in [0.15, 0.2) is 5.76 Å². The lowest BCUT2D eigenvalue weighted by atomic mass is 10.3. The molecule has 5 heteroatoms. The van der Waals surface area contributed by atoms with E-state index in [1.54, 1.807) is 0 Å². The summed E-state index contributed by atoms with van der Waals surface area (Å²) < 4.78 is 0. The fraction of sp³-hybridized carbons (Fsp3) is 0. The Kier molecular flexibility index (Phi) is 2.71. The van der Waals surface area contributed by atoms with Crippen LogP contribution in [0.15, 0.2) is 18.6 Å². The number of hydrogen-bond donors (Lipinski definition) is 1. The lowest BCUT2D eigenvalue weighted by molar-refractivity contribution is 0.512. The van der Waals surface area contributed by atoms with Gasteiger partial charge in [0.1, 0.15) is 16.6 Å². The molecule has 0 saturated carbocycles. The van der Waals surface area contributed by atoms with Crippen LogP contribution in [-0.4, -0.2) is 15.1 Å². The molecule has 0 aliphatic rings. The maximum atomic E-state index is 9.19. The van der Waals surface area contributed by atoms with E-state index in [-0.39, 0.29) is 21.6 Å². The topological polar surface area (TPSA) is 46.0 Å². The second-order valence-electron chi connectivity index (χ2n) is 1.86. The molecule has 1 N–H and O–H groups in total. The molecule has 0 amide bonds. The Morgan fingerprint density at radius 2 is 1.92 bits per heavy atom. The molecule has 0 radical (unpaired) electrons. The minimum absolute atomic E-state index is 0.0728. The van der Waals surface area contributed by atoms with Gasteiger partial charge in [-0.15, -0.1) is 0 Å². The van der Waals surface area contributed by atoms with Crippen molar-refractivity contribution in [3.63, 3.8) is 0 Å². The Balaban J connectivity index is 3.41. The molecule has 0 saturated heterocycles. The summed E-state index contributed by atoms with van der Waals surface area (Å²) in [7, 11) is 0. The van der Waals surface area contributed by atoms with Gasteiger partial charge in [-0.05, 0) is 0 Å². The molecule has 0 unspecified atom stereocenters. The minimum atomic E-state index is -0.259. The molecule has 12 heavy (non-hydrogen) atoms. The van der Waals surface area contributed by atoms with Gasteiger partial charge in [-0.25, -0.2) is 9.97 Å². The van der Waals surface area contributed by atoms with Crippen LogP contribution in [0.3, 0.4) is 0 Å². The van der Waals surface area contributed by atoms with Gasteiger partial charge in [-0.2, -0.15) is 0 Å². The first-order chi connectivity index (χ1) is 5.66. The van der Waals surface area contributed by atoms with Gasteiger partial charge in [0.2, 0.25) is 0 Å². The molecule has 0 fully saturated rings. The molecule has 0 bridgehead atoms. The molecular formula is C7H4Cl2N2O. The highest BCUT2D eigenvalue weighted by molar-refractivity contribution is 6.35. The highest BCUT2D eigenvalue weighted by Gasteiger charge is 2.11. The van der Waals surface area contributed by atoms with Crippen molar-refractivity contribution in [2.75, 3.05) is 0 Å². The number of rotatable bonds is 1. The van der Waals surface area contributed by atoms with E-state index in [2.05, 4.69) is 22.3 Å².